The van der Waals surface area contributed by atoms with Crippen molar-refractivity contribution >= 4 is 0 Å². The first-order valence-electron chi connectivity index (χ1n) is 6.11. The minimum Gasteiger partial charge on any atom is -0.493 e. The number of nitrogens with one attached hydrogen (secondary N) is 2. The zero-order valence-electron chi connectivity index (χ0n) is 10.7. The van der Waals surface area contributed by atoms with Gasteiger partial charge in [0, 0.05) is 5.56 Å². The van der Waals surface area contributed by atoms with Crippen LogP contribution < -0.4 is 10.1 Å². The number of nitrogens with zero attached hydrogens (tertiary/aromatic N) is 2. The molecule has 2 rings (SSSR count). The summed E-state index contributed by atoms with van der Waals surface area (Å²) >= 11 is 0. The molecule has 0 aliphatic heterocycles. The molecule has 18 heavy (non-hydrogen) atoms. The first-order valence-corrected chi connectivity index (χ1v) is 6.11. The number of para-hydroxylation sites is 1. The van der Waals surface area contributed by atoms with E-state index in [1.807, 2.05) is 31.3 Å². The summed E-state index contributed by atoms with van der Waals surface area (Å²) < 4.78 is 5.77. The molecule has 0 saturated carbocycles. The Balaban J connectivity index is 2.30. The van der Waals surface area contributed by atoms with E-state index < -0.39 is 0 Å². The maximum Gasteiger partial charge on any atom is 0.146 e. The van der Waals surface area contributed by atoms with Gasteiger partial charge in [-0.3, -0.25) is 5.10 Å². The van der Waals surface area contributed by atoms with Crippen LogP contribution in [-0.4, -0.2) is 28.8 Å². The predicted octanol–water partition coefficient (Wildman–Crippen LogP) is 1.90. The summed E-state index contributed by atoms with van der Waals surface area (Å²) in [5.74, 6) is 1.67. The third-order valence-electron chi connectivity index (χ3n) is 2.69. The SMILES string of the molecule is CCCOc1ccccc1C(NC)c1ncn[nH]1. The zero-order chi connectivity index (χ0) is 12.8. The third-order valence-corrected chi connectivity index (χ3v) is 2.69. The number of rotatable bonds is 6. The molecular weight excluding hydrogens is 228 g/mol. The number of ether oxygens (including phenoxy) is 1. The van der Waals surface area contributed by atoms with Gasteiger partial charge in [0.2, 0.25) is 0 Å². The van der Waals surface area contributed by atoms with Crippen molar-refractivity contribution in [1.82, 2.24) is 20.5 Å². The van der Waals surface area contributed by atoms with Crippen molar-refractivity contribution in [2.45, 2.75) is 19.4 Å². The summed E-state index contributed by atoms with van der Waals surface area (Å²) in [7, 11) is 1.89. The highest BCUT2D eigenvalue weighted by molar-refractivity contribution is 5.38. The highest BCUT2D eigenvalue weighted by Crippen LogP contribution is 2.27. The minimum absolute atomic E-state index is 0.0412. The number of H-pyrrole nitrogens is 1. The normalized spacial score (nSPS) is 12.3. The number of benzene rings is 1. The zero-order valence-corrected chi connectivity index (χ0v) is 10.7. The maximum absolute atomic E-state index is 5.77. The van der Waals surface area contributed by atoms with Crippen molar-refractivity contribution in [2.75, 3.05) is 13.7 Å². The second-order valence-electron chi connectivity index (χ2n) is 3.98. The molecule has 5 nitrogen and oxygen atoms in total. The molecule has 0 amide bonds. The van der Waals surface area contributed by atoms with Gasteiger partial charge in [0.1, 0.15) is 17.9 Å². The van der Waals surface area contributed by atoms with Gasteiger partial charge in [0.05, 0.1) is 12.6 Å². The fourth-order valence-corrected chi connectivity index (χ4v) is 1.86. The van der Waals surface area contributed by atoms with Gasteiger partial charge in [-0.05, 0) is 19.5 Å². The molecule has 0 saturated heterocycles. The van der Waals surface area contributed by atoms with E-state index in [9.17, 15) is 0 Å². The average Bonchev–Trinajstić information content (AvgIpc) is 2.92. The van der Waals surface area contributed by atoms with Crippen LogP contribution in [0.5, 0.6) is 5.75 Å². The van der Waals surface area contributed by atoms with E-state index in [1.165, 1.54) is 6.33 Å². The van der Waals surface area contributed by atoms with E-state index in [1.54, 1.807) is 0 Å². The monoisotopic (exact) mass is 246 g/mol. The van der Waals surface area contributed by atoms with Crippen LogP contribution in [0.2, 0.25) is 0 Å². The first-order chi connectivity index (χ1) is 8.86. The molecule has 1 unspecified atom stereocenters. The summed E-state index contributed by atoms with van der Waals surface area (Å²) in [6.07, 6.45) is 2.50. The number of aromatic amines is 1. The minimum atomic E-state index is -0.0412. The molecule has 0 fully saturated rings. The van der Waals surface area contributed by atoms with E-state index in [0.717, 1.165) is 23.6 Å². The van der Waals surface area contributed by atoms with Crippen LogP contribution in [0.1, 0.15) is 30.8 Å². The number of aromatic nitrogens is 3. The Morgan fingerprint density at radius 2 is 2.22 bits per heavy atom. The quantitative estimate of drug-likeness (QED) is 0.817. The Kier molecular flexibility index (Phi) is 4.30. The predicted molar refractivity (Wildman–Crippen MR) is 69.5 cm³/mol. The van der Waals surface area contributed by atoms with Crippen LogP contribution in [0.4, 0.5) is 0 Å². The van der Waals surface area contributed by atoms with Gasteiger partial charge < -0.3 is 10.1 Å². The van der Waals surface area contributed by atoms with Crippen LogP contribution in [0.25, 0.3) is 0 Å². The van der Waals surface area contributed by atoms with Crippen LogP contribution in [0.3, 0.4) is 0 Å². The van der Waals surface area contributed by atoms with Crippen LogP contribution in [-0.2, 0) is 0 Å². The molecule has 0 aliphatic rings. The van der Waals surface area contributed by atoms with E-state index in [0.29, 0.717) is 6.61 Å². The van der Waals surface area contributed by atoms with E-state index in [4.69, 9.17) is 4.74 Å². The lowest BCUT2D eigenvalue weighted by molar-refractivity contribution is 0.312. The lowest BCUT2D eigenvalue weighted by Crippen LogP contribution is -2.20. The Morgan fingerprint density at radius 3 is 2.89 bits per heavy atom. The van der Waals surface area contributed by atoms with Gasteiger partial charge >= 0.3 is 0 Å². The molecule has 1 atom stereocenters. The summed E-state index contributed by atoms with van der Waals surface area (Å²) in [4.78, 5) is 4.20. The summed E-state index contributed by atoms with van der Waals surface area (Å²) in [5.41, 5.74) is 1.06. The molecule has 2 N–H and O–H groups in total. The molecule has 5 heteroatoms. The van der Waals surface area contributed by atoms with Crippen molar-refractivity contribution in [3.63, 3.8) is 0 Å². The van der Waals surface area contributed by atoms with Gasteiger partial charge in [0.15, 0.2) is 0 Å². The molecule has 0 spiro atoms. The molecule has 96 valence electrons. The van der Waals surface area contributed by atoms with Gasteiger partial charge in [-0.1, -0.05) is 25.1 Å². The van der Waals surface area contributed by atoms with Crippen LogP contribution >= 0.6 is 0 Å². The van der Waals surface area contributed by atoms with Crippen molar-refractivity contribution in [3.8, 4) is 5.75 Å². The van der Waals surface area contributed by atoms with Crippen molar-refractivity contribution < 1.29 is 4.74 Å². The first kappa shape index (κ1) is 12.6. The van der Waals surface area contributed by atoms with Crippen LogP contribution in [0.15, 0.2) is 30.6 Å². The van der Waals surface area contributed by atoms with Gasteiger partial charge in [-0.25, -0.2) is 4.98 Å². The molecule has 2 aromatic rings. The van der Waals surface area contributed by atoms with E-state index in [-0.39, 0.29) is 6.04 Å². The second kappa shape index (κ2) is 6.16. The molecule has 0 aliphatic carbocycles. The highest BCUT2D eigenvalue weighted by Gasteiger charge is 2.18. The fourth-order valence-electron chi connectivity index (χ4n) is 1.86. The molecule has 1 aromatic heterocycles. The highest BCUT2D eigenvalue weighted by atomic mass is 16.5. The molecule has 1 aromatic carbocycles. The molecule has 1 heterocycles. The van der Waals surface area contributed by atoms with Crippen LogP contribution in [0, 0.1) is 0 Å². The van der Waals surface area contributed by atoms with Crippen molar-refractivity contribution in [2.24, 2.45) is 0 Å². The van der Waals surface area contributed by atoms with Gasteiger partial charge in [-0.2, -0.15) is 5.10 Å². The summed E-state index contributed by atoms with van der Waals surface area (Å²) in [5, 5.41) is 10.0. The lowest BCUT2D eigenvalue weighted by atomic mass is 10.1. The summed E-state index contributed by atoms with van der Waals surface area (Å²) in [6.45, 7) is 2.80. The lowest BCUT2D eigenvalue weighted by Gasteiger charge is -2.17. The average molecular weight is 246 g/mol. The summed E-state index contributed by atoms with van der Waals surface area (Å²) in [6, 6.07) is 7.94. The van der Waals surface area contributed by atoms with E-state index >= 15 is 0 Å². The Hall–Kier alpha value is -1.88. The second-order valence-corrected chi connectivity index (χ2v) is 3.98. The standard InChI is InChI=1S/C13H18N4O/c1-3-8-18-11-7-5-4-6-10(11)12(14-2)13-15-9-16-17-13/h4-7,9,12,14H,3,8H2,1-2H3,(H,15,16,17). The Bertz CT molecular complexity index is 470. The van der Waals surface area contributed by atoms with E-state index in [2.05, 4.69) is 27.4 Å². The topological polar surface area (TPSA) is 62.8 Å². The van der Waals surface area contributed by atoms with Gasteiger partial charge in [0.25, 0.3) is 0 Å². The Labute approximate surface area is 107 Å². The number of hydrogen-bond donors (Lipinski definition) is 2. The number of hydrogen-bond acceptors (Lipinski definition) is 4. The maximum atomic E-state index is 5.77. The Morgan fingerprint density at radius 1 is 1.39 bits per heavy atom. The largest absolute Gasteiger partial charge is 0.493 e. The van der Waals surface area contributed by atoms with Crippen molar-refractivity contribution in [3.05, 3.63) is 42.0 Å². The molecular formula is C13H18N4O. The van der Waals surface area contributed by atoms with Crippen molar-refractivity contribution in [1.29, 1.82) is 0 Å². The third kappa shape index (κ3) is 2.68. The molecule has 0 radical (unpaired) electrons. The smallest absolute Gasteiger partial charge is 0.146 e. The van der Waals surface area contributed by atoms with Gasteiger partial charge in [-0.15, -0.1) is 0 Å². The fraction of sp³-hybridized carbons (Fsp3) is 0.385. The molecule has 0 bridgehead atoms.